The molecule has 0 fully saturated rings. The number of guanidine groups is 1. The van der Waals surface area contributed by atoms with E-state index in [4.69, 9.17) is 17.0 Å². The molecule has 1 aromatic rings. The van der Waals surface area contributed by atoms with Crippen molar-refractivity contribution in [2.75, 3.05) is 6.54 Å². The predicted molar refractivity (Wildman–Crippen MR) is 57.7 cm³/mol. The van der Waals surface area contributed by atoms with Gasteiger partial charge in [0, 0.05) is 12.5 Å². The summed E-state index contributed by atoms with van der Waals surface area (Å²) in [5.74, 6) is 5.70. The average Bonchev–Trinajstić information content (AvgIpc) is 2.19. The van der Waals surface area contributed by atoms with Crippen LogP contribution in [0.2, 0.25) is 0 Å². The Kier molecular flexibility index (Phi) is 3.48. The maximum atomic E-state index is 7.13. The first-order chi connectivity index (χ1) is 6.61. The molecule has 1 atom stereocenters. The number of hydrogen-bond acceptors (Lipinski definition) is 2. The van der Waals surface area contributed by atoms with Gasteiger partial charge in [0.25, 0.3) is 0 Å². The number of nitrogens with zero attached hydrogens (tertiary/aromatic N) is 1. The van der Waals surface area contributed by atoms with Crippen molar-refractivity contribution < 1.29 is 0 Å². The molecule has 0 aromatic heterocycles. The second-order valence-electron chi connectivity index (χ2n) is 3.35. The van der Waals surface area contributed by atoms with E-state index < -0.39 is 0 Å². The Morgan fingerprint density at radius 3 is 2.50 bits per heavy atom. The largest absolute Gasteiger partial charge is 0.369 e. The molecule has 0 saturated heterocycles. The highest BCUT2D eigenvalue weighted by Gasteiger charge is 2.09. The number of hydrogen-bond donors (Lipinski definition) is 3. The minimum Gasteiger partial charge on any atom is -0.369 e. The van der Waals surface area contributed by atoms with E-state index >= 15 is 0 Å². The Morgan fingerprint density at radius 2 is 2.00 bits per heavy atom. The van der Waals surface area contributed by atoms with Gasteiger partial charge in [0.15, 0.2) is 0 Å². The van der Waals surface area contributed by atoms with Gasteiger partial charge in [-0.2, -0.15) is 0 Å². The van der Waals surface area contributed by atoms with Crippen LogP contribution in [0.5, 0.6) is 0 Å². The van der Waals surface area contributed by atoms with E-state index in [-0.39, 0.29) is 11.9 Å². The second-order valence-corrected chi connectivity index (χ2v) is 3.35. The van der Waals surface area contributed by atoms with Gasteiger partial charge in [-0.05, 0) is 5.56 Å². The molecule has 1 unspecified atom stereocenters. The van der Waals surface area contributed by atoms with Gasteiger partial charge < -0.3 is 5.73 Å². The Bertz CT molecular complexity index is 296. The quantitative estimate of drug-likeness (QED) is 0.287. The van der Waals surface area contributed by atoms with Gasteiger partial charge in [0.2, 0.25) is 5.96 Å². The molecule has 0 heterocycles. The lowest BCUT2D eigenvalue weighted by Crippen LogP contribution is -2.43. The third-order valence-electron chi connectivity index (χ3n) is 2.15. The van der Waals surface area contributed by atoms with Crippen LogP contribution in [0.25, 0.3) is 0 Å². The summed E-state index contributed by atoms with van der Waals surface area (Å²) in [4.78, 5) is 0. The lowest BCUT2D eigenvalue weighted by molar-refractivity contribution is 0.404. The lowest BCUT2D eigenvalue weighted by Gasteiger charge is -2.20. The van der Waals surface area contributed by atoms with Gasteiger partial charge in [0.1, 0.15) is 0 Å². The van der Waals surface area contributed by atoms with Crippen molar-refractivity contribution in [2.24, 2.45) is 11.6 Å². The molecule has 0 spiro atoms. The van der Waals surface area contributed by atoms with Gasteiger partial charge >= 0.3 is 0 Å². The van der Waals surface area contributed by atoms with Gasteiger partial charge in [0.05, 0.1) is 0 Å². The van der Waals surface area contributed by atoms with Gasteiger partial charge in [-0.25, -0.2) is 5.84 Å². The smallest absolute Gasteiger partial charge is 0.202 e. The summed E-state index contributed by atoms with van der Waals surface area (Å²) < 4.78 is 0. The van der Waals surface area contributed by atoms with Crippen LogP contribution in [0, 0.1) is 5.41 Å². The van der Waals surface area contributed by atoms with Crippen LogP contribution in [0.3, 0.4) is 0 Å². The summed E-state index contributed by atoms with van der Waals surface area (Å²) in [5.41, 5.74) is 6.44. The highest BCUT2D eigenvalue weighted by Crippen LogP contribution is 2.14. The van der Waals surface area contributed by atoms with E-state index in [1.807, 2.05) is 30.3 Å². The van der Waals surface area contributed by atoms with Crippen LogP contribution in [0.4, 0.5) is 0 Å². The molecule has 0 aliphatic rings. The molecule has 1 rings (SSSR count). The number of nitrogens with two attached hydrogens (primary N) is 2. The van der Waals surface area contributed by atoms with Crippen LogP contribution in [-0.2, 0) is 0 Å². The van der Waals surface area contributed by atoms with Crippen LogP contribution in [0.15, 0.2) is 30.3 Å². The molecule has 0 aliphatic heterocycles. The zero-order valence-corrected chi connectivity index (χ0v) is 8.27. The monoisotopic (exact) mass is 192 g/mol. The van der Waals surface area contributed by atoms with Crippen molar-refractivity contribution in [3.63, 3.8) is 0 Å². The van der Waals surface area contributed by atoms with Crippen LogP contribution < -0.4 is 11.6 Å². The zero-order chi connectivity index (χ0) is 10.6. The number of nitrogens with one attached hydrogen (secondary N) is 1. The molecular formula is C10H16N4. The maximum Gasteiger partial charge on any atom is 0.202 e. The fourth-order valence-corrected chi connectivity index (χ4v) is 1.28. The van der Waals surface area contributed by atoms with Crippen molar-refractivity contribution in [3.8, 4) is 0 Å². The first-order valence-electron chi connectivity index (χ1n) is 4.52. The number of rotatable bonds is 3. The molecule has 0 amide bonds. The Hall–Kier alpha value is -1.55. The Balaban J connectivity index is 2.59. The lowest BCUT2D eigenvalue weighted by atomic mass is 10.0. The van der Waals surface area contributed by atoms with Crippen molar-refractivity contribution in [3.05, 3.63) is 35.9 Å². The normalized spacial score (nSPS) is 12.1. The summed E-state index contributed by atoms with van der Waals surface area (Å²) in [5, 5.41) is 8.38. The molecule has 0 bridgehead atoms. The summed E-state index contributed by atoms with van der Waals surface area (Å²) in [7, 11) is 0. The summed E-state index contributed by atoms with van der Waals surface area (Å²) in [6.45, 7) is 2.61. The molecule has 76 valence electrons. The van der Waals surface area contributed by atoms with Gasteiger partial charge in [-0.1, -0.05) is 37.3 Å². The van der Waals surface area contributed by atoms with Crippen LogP contribution >= 0.6 is 0 Å². The molecule has 0 aliphatic carbocycles. The first-order valence-corrected chi connectivity index (χ1v) is 4.52. The van der Waals surface area contributed by atoms with E-state index in [1.165, 1.54) is 10.6 Å². The summed E-state index contributed by atoms with van der Waals surface area (Å²) >= 11 is 0. The molecule has 0 saturated carbocycles. The third-order valence-corrected chi connectivity index (χ3v) is 2.15. The summed E-state index contributed by atoms with van der Waals surface area (Å²) in [6, 6.07) is 10.0. The Labute approximate surface area is 84.0 Å². The average molecular weight is 192 g/mol. The fraction of sp³-hybridized carbons (Fsp3) is 0.300. The fourth-order valence-electron chi connectivity index (χ4n) is 1.28. The van der Waals surface area contributed by atoms with E-state index in [0.717, 1.165) is 0 Å². The van der Waals surface area contributed by atoms with Crippen LogP contribution in [-0.4, -0.2) is 17.5 Å². The molecular weight excluding hydrogens is 176 g/mol. The maximum absolute atomic E-state index is 7.13. The first kappa shape index (κ1) is 10.5. The second kappa shape index (κ2) is 4.62. The molecule has 4 heteroatoms. The molecule has 0 radical (unpaired) electrons. The van der Waals surface area contributed by atoms with E-state index in [1.54, 1.807) is 0 Å². The number of hydrazine groups is 1. The highest BCUT2D eigenvalue weighted by molar-refractivity contribution is 5.73. The molecule has 14 heavy (non-hydrogen) atoms. The minimum absolute atomic E-state index is 0.104. The van der Waals surface area contributed by atoms with Crippen molar-refractivity contribution in [1.82, 2.24) is 5.01 Å². The van der Waals surface area contributed by atoms with Crippen LogP contribution in [0.1, 0.15) is 18.4 Å². The molecule has 1 aromatic carbocycles. The topological polar surface area (TPSA) is 79.1 Å². The Morgan fingerprint density at radius 1 is 1.43 bits per heavy atom. The standard InChI is InChI=1S/C10H16N4/c1-8(7-14(13)10(11)12)9-5-3-2-4-6-9/h2-6,8H,7,13H2,1H3,(H3,11,12). The minimum atomic E-state index is -0.104. The van der Waals surface area contributed by atoms with Crippen molar-refractivity contribution in [1.29, 1.82) is 5.41 Å². The van der Waals surface area contributed by atoms with Gasteiger partial charge in [-0.15, -0.1) is 0 Å². The summed E-state index contributed by atoms with van der Waals surface area (Å²) in [6.07, 6.45) is 0. The van der Waals surface area contributed by atoms with Crippen molar-refractivity contribution in [2.45, 2.75) is 12.8 Å². The van der Waals surface area contributed by atoms with E-state index in [0.29, 0.717) is 6.54 Å². The highest BCUT2D eigenvalue weighted by atomic mass is 15.4. The molecule has 5 N–H and O–H groups in total. The molecule has 4 nitrogen and oxygen atoms in total. The third kappa shape index (κ3) is 2.74. The van der Waals surface area contributed by atoms with E-state index in [9.17, 15) is 0 Å². The van der Waals surface area contributed by atoms with Crippen molar-refractivity contribution >= 4 is 5.96 Å². The number of benzene rings is 1. The predicted octanol–water partition coefficient (Wildman–Crippen LogP) is 0.859. The SMILES string of the molecule is CC(CN(N)C(=N)N)c1ccccc1. The van der Waals surface area contributed by atoms with Gasteiger partial charge in [-0.3, -0.25) is 10.4 Å². The zero-order valence-electron chi connectivity index (χ0n) is 8.27. The van der Waals surface area contributed by atoms with E-state index in [2.05, 4.69) is 6.92 Å².